The number of aliphatic hydroxyl groups is 2. The van der Waals surface area contributed by atoms with Crippen molar-refractivity contribution in [2.45, 2.75) is 45.9 Å². The predicted molar refractivity (Wildman–Crippen MR) is 102 cm³/mol. The van der Waals surface area contributed by atoms with Gasteiger partial charge in [-0.15, -0.1) is 0 Å². The fraction of sp³-hybridized carbons (Fsp3) is 0.474. The highest BCUT2D eigenvalue weighted by Crippen LogP contribution is 2.25. The van der Waals surface area contributed by atoms with Crippen molar-refractivity contribution >= 4 is 22.8 Å². The van der Waals surface area contributed by atoms with Crippen LogP contribution in [0.2, 0.25) is 0 Å². The average molecular weight is 380 g/mol. The van der Waals surface area contributed by atoms with E-state index in [1.807, 2.05) is 19.1 Å². The van der Waals surface area contributed by atoms with Crippen LogP contribution in [0.1, 0.15) is 24.6 Å². The first-order chi connectivity index (χ1) is 12.7. The maximum atomic E-state index is 10.3. The predicted octanol–water partition coefficient (Wildman–Crippen LogP) is 1.14. The summed E-state index contributed by atoms with van der Waals surface area (Å²) in [5, 5.41) is 38.7. The first kappa shape index (κ1) is 22.6. The van der Waals surface area contributed by atoms with Crippen LogP contribution in [0, 0.1) is 13.8 Å². The van der Waals surface area contributed by atoms with Gasteiger partial charge >= 0.3 is 11.9 Å². The summed E-state index contributed by atoms with van der Waals surface area (Å²) in [4.78, 5) is 18.2. The number of aliphatic hydroxyl groups excluding tert-OH is 2. The van der Waals surface area contributed by atoms with E-state index in [0.717, 1.165) is 6.42 Å². The SMILES string of the molecule is CC[C@@H](CO)NC[C@H](O)Cn1c(C)c(C)c2ccccc21.O=C(O)C(=O)O. The highest BCUT2D eigenvalue weighted by Gasteiger charge is 2.14. The van der Waals surface area contributed by atoms with E-state index in [4.69, 9.17) is 24.9 Å². The zero-order chi connectivity index (χ0) is 20.6. The number of hydrogen-bond donors (Lipinski definition) is 5. The number of carbonyl (C=O) groups is 2. The van der Waals surface area contributed by atoms with Crippen molar-refractivity contribution < 1.29 is 30.0 Å². The van der Waals surface area contributed by atoms with Crippen molar-refractivity contribution in [3.8, 4) is 0 Å². The molecule has 150 valence electrons. The minimum Gasteiger partial charge on any atom is -0.473 e. The van der Waals surface area contributed by atoms with Crippen LogP contribution in [-0.2, 0) is 16.1 Å². The highest BCUT2D eigenvalue weighted by atomic mass is 16.4. The molecular formula is C19H28N2O6. The van der Waals surface area contributed by atoms with E-state index in [9.17, 15) is 5.11 Å². The number of hydrogen-bond acceptors (Lipinski definition) is 5. The molecule has 8 nitrogen and oxygen atoms in total. The second-order valence-corrected chi connectivity index (χ2v) is 6.30. The van der Waals surface area contributed by atoms with Crippen LogP contribution in [0.4, 0.5) is 0 Å². The van der Waals surface area contributed by atoms with E-state index in [-0.39, 0.29) is 12.6 Å². The van der Waals surface area contributed by atoms with Gasteiger partial charge in [-0.25, -0.2) is 9.59 Å². The van der Waals surface area contributed by atoms with Crippen molar-refractivity contribution in [2.24, 2.45) is 0 Å². The minimum absolute atomic E-state index is 0.0592. The Balaban J connectivity index is 0.000000527. The van der Waals surface area contributed by atoms with Gasteiger partial charge in [0.25, 0.3) is 0 Å². The van der Waals surface area contributed by atoms with E-state index >= 15 is 0 Å². The summed E-state index contributed by atoms with van der Waals surface area (Å²) >= 11 is 0. The fourth-order valence-corrected chi connectivity index (χ4v) is 2.76. The quantitative estimate of drug-likeness (QED) is 0.455. The molecule has 8 heteroatoms. The second kappa shape index (κ2) is 10.7. The first-order valence-corrected chi connectivity index (χ1v) is 8.75. The molecule has 2 atom stereocenters. The third kappa shape index (κ3) is 6.35. The lowest BCUT2D eigenvalue weighted by Gasteiger charge is -2.19. The number of aryl methyl sites for hydroxylation is 1. The van der Waals surface area contributed by atoms with Crippen molar-refractivity contribution in [1.82, 2.24) is 9.88 Å². The molecule has 2 aromatic rings. The van der Waals surface area contributed by atoms with Gasteiger partial charge in [0.15, 0.2) is 0 Å². The smallest absolute Gasteiger partial charge is 0.414 e. The van der Waals surface area contributed by atoms with Crippen molar-refractivity contribution in [2.75, 3.05) is 13.2 Å². The molecule has 2 rings (SSSR count). The topological polar surface area (TPSA) is 132 Å². The van der Waals surface area contributed by atoms with Gasteiger partial charge in [-0.2, -0.15) is 0 Å². The lowest BCUT2D eigenvalue weighted by molar-refractivity contribution is -0.159. The van der Waals surface area contributed by atoms with Gasteiger partial charge in [-0.3, -0.25) is 0 Å². The van der Waals surface area contributed by atoms with Crippen molar-refractivity contribution in [3.05, 3.63) is 35.5 Å². The number of benzene rings is 1. The van der Waals surface area contributed by atoms with Gasteiger partial charge in [-0.1, -0.05) is 25.1 Å². The monoisotopic (exact) mass is 380 g/mol. The third-order valence-corrected chi connectivity index (χ3v) is 4.48. The first-order valence-electron chi connectivity index (χ1n) is 8.75. The Hall–Kier alpha value is -2.42. The Morgan fingerprint density at radius 1 is 1.15 bits per heavy atom. The number of carboxylic acid groups (broad SMARTS) is 2. The van der Waals surface area contributed by atoms with Gasteiger partial charge in [0.2, 0.25) is 0 Å². The molecule has 27 heavy (non-hydrogen) atoms. The second-order valence-electron chi connectivity index (χ2n) is 6.30. The lowest BCUT2D eigenvalue weighted by atomic mass is 10.2. The van der Waals surface area contributed by atoms with Crippen LogP contribution in [0.25, 0.3) is 10.9 Å². The number of aromatic nitrogens is 1. The summed E-state index contributed by atoms with van der Waals surface area (Å²) in [5.41, 5.74) is 3.64. The minimum atomic E-state index is -1.82. The number of aliphatic carboxylic acids is 2. The van der Waals surface area contributed by atoms with Crippen molar-refractivity contribution in [3.63, 3.8) is 0 Å². The van der Waals surface area contributed by atoms with Crippen molar-refractivity contribution in [1.29, 1.82) is 0 Å². The molecule has 0 fully saturated rings. The van der Waals surface area contributed by atoms with E-state index in [2.05, 4.69) is 35.9 Å². The molecule has 5 N–H and O–H groups in total. The van der Waals surface area contributed by atoms with Gasteiger partial charge in [0.1, 0.15) is 0 Å². The molecule has 0 radical (unpaired) electrons. The van der Waals surface area contributed by atoms with Crippen LogP contribution in [-0.4, -0.2) is 62.2 Å². The molecule has 1 heterocycles. The Kier molecular flexibility index (Phi) is 8.93. The molecular weight excluding hydrogens is 352 g/mol. The number of para-hydroxylation sites is 1. The zero-order valence-corrected chi connectivity index (χ0v) is 15.8. The van der Waals surface area contributed by atoms with Gasteiger partial charge in [0.05, 0.1) is 19.3 Å². The summed E-state index contributed by atoms with van der Waals surface area (Å²) in [6, 6.07) is 8.35. The zero-order valence-electron chi connectivity index (χ0n) is 15.8. The molecule has 0 unspecified atom stereocenters. The van der Waals surface area contributed by atoms with Crippen LogP contribution in [0.3, 0.4) is 0 Å². The number of carboxylic acids is 2. The van der Waals surface area contributed by atoms with Crippen LogP contribution in [0.15, 0.2) is 24.3 Å². The molecule has 0 bridgehead atoms. The third-order valence-electron chi connectivity index (χ3n) is 4.48. The van der Waals surface area contributed by atoms with E-state index in [1.54, 1.807) is 0 Å². The molecule has 0 amide bonds. The maximum Gasteiger partial charge on any atom is 0.414 e. The molecule has 0 aliphatic rings. The maximum absolute atomic E-state index is 10.3. The Morgan fingerprint density at radius 2 is 1.74 bits per heavy atom. The van der Waals surface area contributed by atoms with Gasteiger partial charge < -0.3 is 30.3 Å². The number of fused-ring (bicyclic) bond motifs is 1. The van der Waals surface area contributed by atoms with Gasteiger partial charge in [0, 0.05) is 29.2 Å². The Labute approximate surface area is 158 Å². The molecule has 0 spiro atoms. The molecule has 0 aliphatic carbocycles. The molecule has 0 saturated carbocycles. The van der Waals surface area contributed by atoms with Crippen LogP contribution >= 0.6 is 0 Å². The normalized spacial score (nSPS) is 12.9. The standard InChI is InChI=1S/C17H26N2O2.C2H2O4/c1-4-14(11-20)18-9-15(21)10-19-13(3)12(2)16-7-5-6-8-17(16)19;3-1(4)2(5)6/h5-8,14-15,18,20-21H,4,9-11H2,1-3H3;(H,3,4)(H,5,6)/t14-,15-;/m0./s1. The Morgan fingerprint density at radius 3 is 2.26 bits per heavy atom. The summed E-state index contributed by atoms with van der Waals surface area (Å²) < 4.78 is 2.18. The lowest BCUT2D eigenvalue weighted by Crippen LogP contribution is -2.39. The number of rotatable bonds is 7. The summed E-state index contributed by atoms with van der Waals surface area (Å²) in [7, 11) is 0. The summed E-state index contributed by atoms with van der Waals surface area (Å²) in [5.74, 6) is -3.65. The fourth-order valence-electron chi connectivity index (χ4n) is 2.76. The largest absolute Gasteiger partial charge is 0.473 e. The van der Waals surface area contributed by atoms with Crippen LogP contribution in [0.5, 0.6) is 0 Å². The molecule has 0 saturated heterocycles. The molecule has 1 aromatic carbocycles. The summed E-state index contributed by atoms with van der Waals surface area (Å²) in [6.07, 6.45) is 0.382. The average Bonchev–Trinajstić information content (AvgIpc) is 2.88. The number of nitrogens with one attached hydrogen (secondary N) is 1. The Bertz CT molecular complexity index is 755. The molecule has 0 aliphatic heterocycles. The van der Waals surface area contributed by atoms with E-state index < -0.39 is 18.0 Å². The molecule has 1 aromatic heterocycles. The van der Waals surface area contributed by atoms with E-state index in [0.29, 0.717) is 13.1 Å². The van der Waals surface area contributed by atoms with Gasteiger partial charge in [-0.05, 0) is 31.9 Å². The summed E-state index contributed by atoms with van der Waals surface area (Å²) in [6.45, 7) is 7.40. The van der Waals surface area contributed by atoms with Crippen LogP contribution < -0.4 is 5.32 Å². The van der Waals surface area contributed by atoms with E-state index in [1.165, 1.54) is 22.2 Å². The highest BCUT2D eigenvalue weighted by molar-refractivity contribution is 6.27. The number of nitrogens with zero attached hydrogens (tertiary/aromatic N) is 1.